The fourth-order valence-electron chi connectivity index (χ4n) is 3.75. The number of carbonyl (C=O) groups is 1. The maximum atomic E-state index is 13.1. The second-order valence-electron chi connectivity index (χ2n) is 7.37. The second-order valence-corrected chi connectivity index (χ2v) is 10.7. The molecule has 1 aliphatic rings. The highest BCUT2D eigenvalue weighted by Crippen LogP contribution is 2.28. The molecule has 1 saturated heterocycles. The Hall–Kier alpha value is -2.86. The van der Waals surface area contributed by atoms with Gasteiger partial charge in [-0.15, -0.1) is 6.58 Å². The highest BCUT2D eigenvalue weighted by molar-refractivity contribution is 7.89. The molecule has 3 aromatic rings. The number of nitro benzene ring substituents is 1. The summed E-state index contributed by atoms with van der Waals surface area (Å²) >= 11 is 7.07. The van der Waals surface area contributed by atoms with E-state index in [0.717, 1.165) is 0 Å². The molecule has 9 nitrogen and oxygen atoms in total. The van der Waals surface area contributed by atoms with Gasteiger partial charge in [0, 0.05) is 30.2 Å². The summed E-state index contributed by atoms with van der Waals surface area (Å²) < 4.78 is 29.8. The van der Waals surface area contributed by atoms with Crippen LogP contribution in [0.4, 0.5) is 5.69 Å². The van der Waals surface area contributed by atoms with E-state index in [1.807, 2.05) is 0 Å². The number of carbonyl (C=O) groups excluding carboxylic acids is 1. The van der Waals surface area contributed by atoms with Gasteiger partial charge in [0.05, 0.1) is 20.0 Å². The third kappa shape index (κ3) is 4.49. The monoisotopic (exact) mass is 506 g/mol. The number of fused-ring (bicyclic) bond motifs is 1. The minimum Gasteiger partial charge on any atom is -0.312 e. The molecule has 33 heavy (non-hydrogen) atoms. The summed E-state index contributed by atoms with van der Waals surface area (Å²) in [6.07, 6.45) is 2.48. The molecule has 1 unspecified atom stereocenters. The molecule has 0 spiro atoms. The van der Waals surface area contributed by atoms with Crippen LogP contribution in [0.5, 0.6) is 0 Å². The standard InChI is InChI=1S/C21H19ClN4O5S2/c1-2-11-24-18-13-15(26(28)29)7-10-19(18)32-21(24)23-20(27)17-4-3-12-25(17)33(30,31)16-8-5-14(22)6-9-16/h2,5-10,13,17H,1,3-4,11-12H2. The Balaban J connectivity index is 1.74. The fourth-order valence-corrected chi connectivity index (χ4v) is 6.55. The van der Waals surface area contributed by atoms with Crippen LogP contribution >= 0.6 is 22.9 Å². The Labute approximate surface area is 198 Å². The van der Waals surface area contributed by atoms with Crippen LogP contribution in [0, 0.1) is 10.1 Å². The summed E-state index contributed by atoms with van der Waals surface area (Å²) in [6, 6.07) is 9.28. The van der Waals surface area contributed by atoms with Gasteiger partial charge in [0.25, 0.3) is 11.6 Å². The number of rotatable bonds is 6. The lowest BCUT2D eigenvalue weighted by atomic mass is 10.2. The van der Waals surface area contributed by atoms with Crippen LogP contribution in [0.2, 0.25) is 5.02 Å². The molecule has 172 valence electrons. The molecule has 1 aromatic heterocycles. The van der Waals surface area contributed by atoms with E-state index in [0.29, 0.717) is 32.9 Å². The Morgan fingerprint density at radius 3 is 2.70 bits per heavy atom. The molecule has 2 aromatic carbocycles. The number of sulfonamides is 1. The Kier molecular flexibility index (Phi) is 6.48. The lowest BCUT2D eigenvalue weighted by Crippen LogP contribution is -2.40. The van der Waals surface area contributed by atoms with Crippen molar-refractivity contribution in [2.24, 2.45) is 4.99 Å². The first kappa shape index (κ1) is 23.3. The van der Waals surface area contributed by atoms with E-state index in [1.54, 1.807) is 16.7 Å². The van der Waals surface area contributed by atoms with Gasteiger partial charge in [-0.3, -0.25) is 14.9 Å². The van der Waals surface area contributed by atoms with Crippen molar-refractivity contribution in [2.45, 2.75) is 30.3 Å². The van der Waals surface area contributed by atoms with Gasteiger partial charge in [-0.2, -0.15) is 9.30 Å². The van der Waals surface area contributed by atoms with E-state index in [-0.39, 0.29) is 23.7 Å². The van der Waals surface area contributed by atoms with Crippen molar-refractivity contribution in [1.29, 1.82) is 0 Å². The van der Waals surface area contributed by atoms with Crippen LogP contribution in [0.1, 0.15) is 12.8 Å². The molecule has 0 radical (unpaired) electrons. The quantitative estimate of drug-likeness (QED) is 0.287. The summed E-state index contributed by atoms with van der Waals surface area (Å²) in [5.74, 6) is -0.580. The highest BCUT2D eigenvalue weighted by atomic mass is 35.5. The summed E-state index contributed by atoms with van der Waals surface area (Å²) in [4.78, 5) is 28.4. The third-order valence-corrected chi connectivity index (χ3v) is 8.54. The van der Waals surface area contributed by atoms with Gasteiger partial charge in [-0.25, -0.2) is 8.42 Å². The van der Waals surface area contributed by atoms with Gasteiger partial charge in [0.15, 0.2) is 4.80 Å². The zero-order valence-electron chi connectivity index (χ0n) is 17.3. The zero-order valence-corrected chi connectivity index (χ0v) is 19.6. The predicted octanol–water partition coefficient (Wildman–Crippen LogP) is 3.73. The molecular formula is C21H19ClN4O5S2. The van der Waals surface area contributed by atoms with Crippen molar-refractivity contribution in [3.05, 3.63) is 75.1 Å². The smallest absolute Gasteiger partial charge is 0.271 e. The lowest BCUT2D eigenvalue weighted by molar-refractivity contribution is -0.384. The maximum Gasteiger partial charge on any atom is 0.271 e. The molecule has 1 atom stereocenters. The highest BCUT2D eigenvalue weighted by Gasteiger charge is 2.39. The predicted molar refractivity (Wildman–Crippen MR) is 126 cm³/mol. The normalized spacial score (nSPS) is 17.5. The molecule has 0 aliphatic carbocycles. The molecule has 1 amide bonds. The Bertz CT molecular complexity index is 1430. The van der Waals surface area contributed by atoms with Gasteiger partial charge in [0.2, 0.25) is 10.0 Å². The molecular weight excluding hydrogens is 488 g/mol. The zero-order chi connectivity index (χ0) is 23.8. The van der Waals surface area contributed by atoms with E-state index >= 15 is 0 Å². The number of allylic oxidation sites excluding steroid dienone is 1. The average Bonchev–Trinajstić information content (AvgIpc) is 3.40. The summed E-state index contributed by atoms with van der Waals surface area (Å²) in [6.45, 7) is 4.20. The SMILES string of the molecule is C=CCn1c(=NC(=O)C2CCCN2S(=O)(=O)c2ccc(Cl)cc2)sc2ccc([N+](=O)[O-])cc21. The van der Waals surface area contributed by atoms with Crippen molar-refractivity contribution < 1.29 is 18.1 Å². The first-order valence-corrected chi connectivity index (χ1v) is 12.6. The van der Waals surface area contributed by atoms with Crippen molar-refractivity contribution in [2.75, 3.05) is 6.54 Å². The van der Waals surface area contributed by atoms with Gasteiger partial charge >= 0.3 is 0 Å². The summed E-state index contributed by atoms with van der Waals surface area (Å²) in [5.41, 5.74) is 0.477. The molecule has 1 aliphatic heterocycles. The minimum atomic E-state index is -3.90. The number of hydrogen-bond donors (Lipinski definition) is 0. The van der Waals surface area contributed by atoms with Gasteiger partial charge in [-0.1, -0.05) is 29.0 Å². The Morgan fingerprint density at radius 2 is 2.03 bits per heavy atom. The molecule has 0 bridgehead atoms. The van der Waals surface area contributed by atoms with Crippen LogP contribution in [0.25, 0.3) is 10.2 Å². The number of benzene rings is 2. The molecule has 4 rings (SSSR count). The number of non-ortho nitro benzene ring substituents is 1. The topological polar surface area (TPSA) is 115 Å². The molecule has 1 fully saturated rings. The number of thiazole rings is 1. The average molecular weight is 507 g/mol. The van der Waals surface area contributed by atoms with Crippen molar-refractivity contribution in [3.63, 3.8) is 0 Å². The van der Waals surface area contributed by atoms with Crippen LogP contribution in [-0.2, 0) is 21.4 Å². The summed E-state index contributed by atoms with van der Waals surface area (Å²) in [5, 5.41) is 11.6. The van der Waals surface area contributed by atoms with Gasteiger partial charge in [-0.05, 0) is 43.2 Å². The van der Waals surface area contributed by atoms with Gasteiger partial charge < -0.3 is 4.57 Å². The molecule has 0 saturated carbocycles. The van der Waals surface area contributed by atoms with Crippen LogP contribution in [-0.4, -0.2) is 40.7 Å². The summed E-state index contributed by atoms with van der Waals surface area (Å²) in [7, 11) is -3.90. The van der Waals surface area contributed by atoms with E-state index in [9.17, 15) is 23.3 Å². The first-order valence-electron chi connectivity index (χ1n) is 9.97. The number of hydrogen-bond acceptors (Lipinski definition) is 6. The lowest BCUT2D eigenvalue weighted by Gasteiger charge is -2.21. The first-order chi connectivity index (χ1) is 15.7. The van der Waals surface area contributed by atoms with E-state index in [4.69, 9.17) is 11.6 Å². The van der Waals surface area contributed by atoms with E-state index < -0.39 is 26.9 Å². The molecule has 12 heteroatoms. The third-order valence-electron chi connectivity index (χ3n) is 5.30. The fraction of sp³-hybridized carbons (Fsp3) is 0.238. The number of nitro groups is 1. The van der Waals surface area contributed by atoms with Crippen LogP contribution in [0.3, 0.4) is 0 Å². The van der Waals surface area contributed by atoms with Crippen LogP contribution < -0.4 is 4.80 Å². The second kappa shape index (κ2) is 9.18. The minimum absolute atomic E-state index is 0.0579. The van der Waals surface area contributed by atoms with E-state index in [2.05, 4.69) is 11.6 Å². The largest absolute Gasteiger partial charge is 0.312 e. The van der Waals surface area contributed by atoms with Crippen molar-refractivity contribution in [3.8, 4) is 0 Å². The van der Waals surface area contributed by atoms with Crippen molar-refractivity contribution in [1.82, 2.24) is 8.87 Å². The Morgan fingerprint density at radius 1 is 1.30 bits per heavy atom. The maximum absolute atomic E-state index is 13.1. The number of amides is 1. The number of aromatic nitrogens is 1. The van der Waals surface area contributed by atoms with Crippen molar-refractivity contribution >= 4 is 54.8 Å². The molecule has 2 heterocycles. The molecule has 0 N–H and O–H groups in total. The van der Waals surface area contributed by atoms with Crippen LogP contribution in [0.15, 0.2) is 65.0 Å². The number of halogens is 1. The number of nitrogens with zero attached hydrogens (tertiary/aromatic N) is 4. The van der Waals surface area contributed by atoms with Gasteiger partial charge in [0.1, 0.15) is 6.04 Å². The van der Waals surface area contributed by atoms with E-state index in [1.165, 1.54) is 52.0 Å².